The van der Waals surface area contributed by atoms with Crippen molar-refractivity contribution in [2.24, 2.45) is 45.3 Å². The summed E-state index contributed by atoms with van der Waals surface area (Å²) in [6, 6.07) is 0. The van der Waals surface area contributed by atoms with Crippen LogP contribution < -0.4 is 0 Å². The molecule has 0 aromatic carbocycles. The Morgan fingerprint density at radius 2 is 0.722 bits per heavy atom. The number of ether oxygens (including phenoxy) is 8. The highest BCUT2D eigenvalue weighted by molar-refractivity contribution is 6.29. The summed E-state index contributed by atoms with van der Waals surface area (Å²) in [6.07, 6.45) is -0.245. The maximum absolute atomic E-state index is 15.5. The Morgan fingerprint density at radius 1 is 0.426 bits per heavy atom. The summed E-state index contributed by atoms with van der Waals surface area (Å²) in [5, 5.41) is 132. The normalized spacial score (nSPS) is 43.3. The number of hydrogen-bond acceptors (Lipinski definition) is 30. The summed E-state index contributed by atoms with van der Waals surface area (Å²) in [5.74, 6) is -17.0. The number of esters is 4. The van der Waals surface area contributed by atoms with Crippen LogP contribution in [0.2, 0.25) is 0 Å². The highest BCUT2D eigenvalue weighted by Crippen LogP contribution is 2.58. The molecule has 11 rings (SSSR count). The van der Waals surface area contributed by atoms with E-state index in [0.29, 0.717) is 23.7 Å². The summed E-state index contributed by atoms with van der Waals surface area (Å²) in [5.41, 5.74) is -20.0. The zero-order chi connectivity index (χ0) is 79.4. The molecule has 5 aliphatic carbocycles. The predicted octanol–water partition coefficient (Wildman–Crippen LogP) is 2.75. The molecule has 0 aromatic heterocycles. The summed E-state index contributed by atoms with van der Waals surface area (Å²) in [7, 11) is 0. The molecular weight excluding hydrogens is 1420 g/mol. The van der Waals surface area contributed by atoms with Gasteiger partial charge < -0.3 is 99.2 Å². The number of Topliss-reactive ketones (excluding diaryl/α,β-unsaturated/α-hetero) is 4. The maximum atomic E-state index is 15.5. The lowest BCUT2D eigenvalue weighted by Crippen LogP contribution is -2.59. The van der Waals surface area contributed by atoms with Gasteiger partial charge in [-0.2, -0.15) is 0 Å². The number of aliphatic hydroxyl groups is 12. The van der Waals surface area contributed by atoms with Gasteiger partial charge in [0, 0.05) is 25.7 Å². The van der Waals surface area contributed by atoms with Crippen molar-refractivity contribution in [2.75, 3.05) is 26.4 Å². The quantitative estimate of drug-likeness (QED) is 0.0492. The summed E-state index contributed by atoms with van der Waals surface area (Å²) in [6.45, 7) is 12.1. The summed E-state index contributed by atoms with van der Waals surface area (Å²) in [4.78, 5) is 145. The predicted molar refractivity (Wildman–Crippen MR) is 369 cm³/mol. The van der Waals surface area contributed by atoms with E-state index in [9.17, 15) is 90.0 Å². The van der Waals surface area contributed by atoms with E-state index in [4.69, 9.17) is 37.9 Å². The fraction of sp³-hybridized carbons (Fsp3) is 0.513. The first-order valence-corrected chi connectivity index (χ1v) is 35.2. The lowest BCUT2D eigenvalue weighted by atomic mass is 9.60. The molecule has 8 bridgehead atoms. The number of fused-ring (bicyclic) bond motifs is 4. The maximum Gasteiger partial charge on any atom is 0.346 e. The van der Waals surface area contributed by atoms with Crippen LogP contribution in [-0.4, -0.2) is 231 Å². The van der Waals surface area contributed by atoms with Crippen LogP contribution in [0.25, 0.3) is 0 Å². The number of aliphatic hydroxyl groups excluding tert-OH is 12. The van der Waals surface area contributed by atoms with Crippen molar-refractivity contribution in [2.45, 2.75) is 179 Å². The van der Waals surface area contributed by atoms with Crippen molar-refractivity contribution in [3.8, 4) is 0 Å². The van der Waals surface area contributed by atoms with E-state index in [1.807, 2.05) is 0 Å². The third-order valence-electron chi connectivity index (χ3n) is 23.7. The number of ketones is 4. The molecule has 0 saturated carbocycles. The zero-order valence-corrected chi connectivity index (χ0v) is 60.7. The molecule has 6 heterocycles. The molecule has 108 heavy (non-hydrogen) atoms. The molecule has 22 atom stereocenters. The molecular formula is C78H88O30. The van der Waals surface area contributed by atoms with Crippen molar-refractivity contribution in [3.63, 3.8) is 0 Å². The van der Waals surface area contributed by atoms with Gasteiger partial charge in [-0.1, -0.05) is 101 Å². The second kappa shape index (κ2) is 28.8. The van der Waals surface area contributed by atoms with E-state index < -0.39 is 261 Å². The monoisotopic (exact) mass is 1500 g/mol. The Bertz CT molecular complexity index is 4100. The number of rotatable bonds is 10. The van der Waals surface area contributed by atoms with Crippen molar-refractivity contribution < 1.29 is 147 Å². The van der Waals surface area contributed by atoms with Gasteiger partial charge in [0.1, 0.15) is 107 Å². The van der Waals surface area contributed by atoms with E-state index in [2.05, 4.69) is 0 Å². The SMILES string of the molecule is C/C1=C\C=C\[C@]2(C)C=C(CO[C@@H]3O[C@@H](CO)[C@H](O)[C@@H](O)[C@@H]3O)[C@@H](C)C[C@@]23OC(=O)C(=C(O)/C=C/[C@@]2(C)C=C(C=O)[C@@H](C)C[C@]24OC(=O)C(=C(O)/C(C)=C/C=C/[C@]2(C)C=C(CO[C@@H]5O[C@H](CO)[C@H](O)[C@@H](O)[C@H]5O)[C@H](C)C[C@@]25OC(=O)C(=C(O)/C=C/[C@@]2(C)C=C(C=O)[C@@H](C)C[C@@]26OC(=O)C(=C1O)C6=O)C5=O)C4=O)C3=O. The van der Waals surface area contributed by atoms with Crippen LogP contribution in [0.15, 0.2) is 164 Å². The van der Waals surface area contributed by atoms with Crippen molar-refractivity contribution in [3.05, 3.63) is 164 Å². The molecule has 11 aliphatic rings. The molecule has 0 radical (unpaired) electrons. The van der Waals surface area contributed by atoms with Gasteiger partial charge in [-0.3, -0.25) is 28.8 Å². The van der Waals surface area contributed by atoms with E-state index >= 15 is 19.2 Å². The molecule has 6 saturated heterocycles. The Labute approximate surface area is 618 Å². The molecule has 0 unspecified atom stereocenters. The number of aldehydes is 2. The third kappa shape index (κ3) is 12.5. The van der Waals surface area contributed by atoms with E-state index in [1.54, 1.807) is 27.7 Å². The van der Waals surface area contributed by atoms with E-state index in [-0.39, 0.29) is 35.1 Å². The second-order valence-electron chi connectivity index (χ2n) is 30.8. The number of allylic oxidation sites excluding steroid dienone is 10. The standard InChI is InChI=1S/C78H88O30/c1-35-13-11-17-71(7)27-43(33-101-69-59(91)57(89)55(87)47(31-81)103-69)39(5)23-75(71)61(93)49(65(97)105-75)46(84)16-20-74(10)26-42(30-80)38(4)22-78(74)64(96)52(68(100)108-78)54(86)36(2)14-12-18-72(8)28-44(34-102-70-60(92)58(90)56(88)48(32-82)104-70)40(6)24-76(72)62(94)50(66(98)106-76)45(83)15-19-73(9)25-41(29-79)37(3)21-77(73)63(95)51(53(35)85)67(99)107-77/h11-20,25-30,37-40,47-48,55-60,69-70,81-92H,21-24,31-34H2,1-10H3/b17-11+,18-12+,19-15+,20-16+,35-13+,36-14+,49-46?,50-45?,53-51?,54-52?/t37-,38-,39-,40+,47-,48+,55-,56-,57+,58+,59-,60+,69+,70+,71+,72+,73-,74-,75-,76-,77-,78+/m0/s1. The molecule has 30 nitrogen and oxygen atoms in total. The fourth-order valence-corrected chi connectivity index (χ4v) is 16.8. The van der Waals surface area contributed by atoms with Gasteiger partial charge in [-0.15, -0.1) is 0 Å². The van der Waals surface area contributed by atoms with Gasteiger partial charge in [0.2, 0.25) is 23.1 Å². The third-order valence-corrected chi connectivity index (χ3v) is 23.7. The van der Waals surface area contributed by atoms with Crippen LogP contribution in [-0.2, 0) is 85.8 Å². The van der Waals surface area contributed by atoms with Gasteiger partial charge in [-0.05, 0) is 111 Å². The van der Waals surface area contributed by atoms with E-state index in [0.717, 1.165) is 24.3 Å². The first-order valence-electron chi connectivity index (χ1n) is 35.2. The zero-order valence-electron chi connectivity index (χ0n) is 60.7. The smallest absolute Gasteiger partial charge is 0.346 e. The largest absolute Gasteiger partial charge is 0.507 e. The molecule has 0 aromatic rings. The molecule has 6 fully saturated rings. The van der Waals surface area contributed by atoms with Gasteiger partial charge >= 0.3 is 23.9 Å². The lowest BCUT2D eigenvalue weighted by molar-refractivity contribution is -0.299. The topological polar surface area (TPSA) is 487 Å². The summed E-state index contributed by atoms with van der Waals surface area (Å²) >= 11 is 0. The van der Waals surface area contributed by atoms with Crippen molar-refractivity contribution >= 4 is 59.6 Å². The first-order chi connectivity index (χ1) is 50.6. The molecule has 580 valence electrons. The Hall–Kier alpha value is -9.02. The molecule has 12 N–H and O–H groups in total. The Kier molecular flexibility index (Phi) is 21.3. The number of hydrogen-bond donors (Lipinski definition) is 12. The average molecular weight is 1510 g/mol. The Morgan fingerprint density at radius 3 is 1.04 bits per heavy atom. The first kappa shape index (κ1) is 80.0. The lowest BCUT2D eigenvalue weighted by Gasteiger charge is -2.46. The number of carbonyl (C=O) groups is 10. The van der Waals surface area contributed by atoms with Crippen LogP contribution in [0, 0.1) is 45.3 Å². The van der Waals surface area contributed by atoms with Crippen LogP contribution in [0.3, 0.4) is 0 Å². The van der Waals surface area contributed by atoms with Gasteiger partial charge in [0.25, 0.3) is 0 Å². The minimum Gasteiger partial charge on any atom is -0.507 e. The average Bonchev–Trinajstić information content (AvgIpc) is 1.55. The van der Waals surface area contributed by atoms with E-state index in [1.165, 1.54) is 102 Å². The van der Waals surface area contributed by atoms with Gasteiger partial charge in [0.05, 0.1) is 48.1 Å². The van der Waals surface area contributed by atoms with Crippen LogP contribution in [0.5, 0.6) is 0 Å². The molecule has 6 aliphatic heterocycles. The van der Waals surface area contributed by atoms with Crippen LogP contribution >= 0.6 is 0 Å². The number of carbonyl (C=O) groups excluding carboxylic acids is 10. The van der Waals surface area contributed by atoms with Crippen molar-refractivity contribution in [1.29, 1.82) is 0 Å². The Balaban J connectivity index is 1.08. The molecule has 30 heteroatoms. The van der Waals surface area contributed by atoms with Gasteiger partial charge in [0.15, 0.2) is 35.0 Å². The summed E-state index contributed by atoms with van der Waals surface area (Å²) < 4.78 is 47.4. The van der Waals surface area contributed by atoms with Crippen LogP contribution in [0.4, 0.5) is 0 Å². The molecule has 4 spiro atoms. The van der Waals surface area contributed by atoms with Crippen LogP contribution in [0.1, 0.15) is 94.9 Å². The highest BCUT2D eigenvalue weighted by atomic mass is 16.7. The second-order valence-corrected chi connectivity index (χ2v) is 30.8. The molecule has 0 amide bonds. The minimum absolute atomic E-state index is 0.0877. The minimum atomic E-state index is -2.33. The van der Waals surface area contributed by atoms with Gasteiger partial charge in [-0.25, -0.2) is 19.2 Å². The highest BCUT2D eigenvalue weighted by Gasteiger charge is 2.69. The fourth-order valence-electron chi connectivity index (χ4n) is 16.8. The van der Waals surface area contributed by atoms with Crippen molar-refractivity contribution in [1.82, 2.24) is 0 Å².